The van der Waals surface area contributed by atoms with Gasteiger partial charge in [-0.05, 0) is 23.8 Å². The molecule has 0 fully saturated rings. The first kappa shape index (κ1) is 12.0. The van der Waals surface area contributed by atoms with Crippen LogP contribution >= 0.6 is 0 Å². The lowest BCUT2D eigenvalue weighted by atomic mass is 10.2. The fourth-order valence-corrected chi connectivity index (χ4v) is 1.08. The Bertz CT molecular complexity index is 287. The minimum Gasteiger partial charge on any atom is -0.493 e. The van der Waals surface area contributed by atoms with Gasteiger partial charge < -0.3 is 20.7 Å². The van der Waals surface area contributed by atoms with Gasteiger partial charge in [-0.3, -0.25) is 0 Å². The number of aliphatic hydroxyl groups excluding tert-OH is 2. The topological polar surface area (TPSA) is 75.7 Å². The maximum absolute atomic E-state index is 8.84. The van der Waals surface area contributed by atoms with Crippen molar-refractivity contribution in [2.24, 2.45) is 11.7 Å². The summed E-state index contributed by atoms with van der Waals surface area (Å²) in [6.07, 6.45) is 0. The molecule has 83 valence electrons. The molecule has 1 radical (unpaired) electrons. The van der Waals surface area contributed by atoms with Gasteiger partial charge in [0.2, 0.25) is 0 Å². The molecule has 0 aliphatic rings. The SMILES string of the molecule is NCc1[c]ccc(OCC(CO)CO)c1. The molecule has 4 N–H and O–H groups in total. The molecule has 0 bridgehead atoms. The Morgan fingerprint density at radius 3 is 2.73 bits per heavy atom. The van der Waals surface area contributed by atoms with Crippen LogP contribution in [-0.2, 0) is 6.54 Å². The first-order valence-electron chi connectivity index (χ1n) is 4.85. The molecule has 4 heteroatoms. The fraction of sp³-hybridized carbons (Fsp3) is 0.455. The van der Waals surface area contributed by atoms with E-state index >= 15 is 0 Å². The molecule has 0 heterocycles. The van der Waals surface area contributed by atoms with E-state index in [-0.39, 0.29) is 19.1 Å². The van der Waals surface area contributed by atoms with Gasteiger partial charge in [-0.2, -0.15) is 0 Å². The molecule has 0 spiro atoms. The first-order valence-corrected chi connectivity index (χ1v) is 4.85. The van der Waals surface area contributed by atoms with Crippen LogP contribution in [0.15, 0.2) is 18.2 Å². The van der Waals surface area contributed by atoms with Crippen LogP contribution < -0.4 is 10.5 Å². The molecule has 0 atom stereocenters. The Morgan fingerprint density at radius 1 is 1.40 bits per heavy atom. The standard InChI is InChI=1S/C11H16NO3/c12-5-9-2-1-3-11(4-9)15-8-10(6-13)7-14/h1,3-4,10,13-14H,5-8,12H2. The Labute approximate surface area is 89.3 Å². The highest BCUT2D eigenvalue weighted by molar-refractivity contribution is 5.27. The second-order valence-electron chi connectivity index (χ2n) is 3.30. The summed E-state index contributed by atoms with van der Waals surface area (Å²) in [5.74, 6) is 0.441. The van der Waals surface area contributed by atoms with Gasteiger partial charge in [0.1, 0.15) is 5.75 Å². The van der Waals surface area contributed by atoms with Crippen molar-refractivity contribution in [3.05, 3.63) is 29.8 Å². The summed E-state index contributed by atoms with van der Waals surface area (Å²) in [6, 6.07) is 8.28. The van der Waals surface area contributed by atoms with Crippen LogP contribution in [0.5, 0.6) is 5.75 Å². The molecule has 0 amide bonds. The molecular formula is C11H16NO3. The van der Waals surface area contributed by atoms with Gasteiger partial charge >= 0.3 is 0 Å². The van der Waals surface area contributed by atoms with E-state index in [0.717, 1.165) is 5.56 Å². The van der Waals surface area contributed by atoms with Crippen molar-refractivity contribution < 1.29 is 14.9 Å². The van der Waals surface area contributed by atoms with Gasteiger partial charge in [0.25, 0.3) is 0 Å². The summed E-state index contributed by atoms with van der Waals surface area (Å²) in [5.41, 5.74) is 6.33. The van der Waals surface area contributed by atoms with Gasteiger partial charge in [-0.15, -0.1) is 0 Å². The molecule has 1 rings (SSSR count). The average molecular weight is 210 g/mol. The van der Waals surface area contributed by atoms with Gasteiger partial charge in [0, 0.05) is 12.5 Å². The largest absolute Gasteiger partial charge is 0.493 e. The van der Waals surface area contributed by atoms with Crippen LogP contribution in [0, 0.1) is 12.0 Å². The average Bonchev–Trinajstić information content (AvgIpc) is 2.31. The second kappa shape index (κ2) is 6.40. The second-order valence-corrected chi connectivity index (χ2v) is 3.30. The Kier molecular flexibility index (Phi) is 5.10. The van der Waals surface area contributed by atoms with Crippen LogP contribution in [0.25, 0.3) is 0 Å². The Balaban J connectivity index is 2.49. The van der Waals surface area contributed by atoms with E-state index in [1.807, 2.05) is 0 Å². The molecule has 0 aliphatic carbocycles. The molecule has 1 aromatic carbocycles. The van der Waals surface area contributed by atoms with E-state index in [1.54, 1.807) is 18.2 Å². The van der Waals surface area contributed by atoms with Crippen molar-refractivity contribution in [2.45, 2.75) is 6.54 Å². The number of nitrogens with two attached hydrogens (primary N) is 1. The number of benzene rings is 1. The van der Waals surface area contributed by atoms with Gasteiger partial charge in [0.05, 0.1) is 19.8 Å². The number of aliphatic hydroxyl groups is 2. The molecule has 0 unspecified atom stereocenters. The maximum Gasteiger partial charge on any atom is 0.119 e. The van der Waals surface area contributed by atoms with Gasteiger partial charge in [-0.25, -0.2) is 0 Å². The van der Waals surface area contributed by atoms with Crippen molar-refractivity contribution in [3.63, 3.8) is 0 Å². The third-order valence-electron chi connectivity index (χ3n) is 2.05. The maximum atomic E-state index is 8.84. The molecule has 0 saturated heterocycles. The van der Waals surface area contributed by atoms with Crippen LogP contribution in [0.2, 0.25) is 0 Å². The Hall–Kier alpha value is -1.10. The third kappa shape index (κ3) is 3.87. The monoisotopic (exact) mass is 210 g/mol. The van der Waals surface area contributed by atoms with Crippen LogP contribution in [0.1, 0.15) is 5.56 Å². The van der Waals surface area contributed by atoms with Gasteiger partial charge in [-0.1, -0.05) is 6.07 Å². The van der Waals surface area contributed by atoms with Crippen molar-refractivity contribution >= 4 is 0 Å². The quantitative estimate of drug-likeness (QED) is 0.614. The van der Waals surface area contributed by atoms with Crippen LogP contribution in [-0.4, -0.2) is 30.0 Å². The fourth-order valence-electron chi connectivity index (χ4n) is 1.08. The molecule has 15 heavy (non-hydrogen) atoms. The van der Waals surface area contributed by atoms with E-state index in [4.69, 9.17) is 20.7 Å². The summed E-state index contributed by atoms with van der Waals surface area (Å²) in [6.45, 7) is 0.542. The summed E-state index contributed by atoms with van der Waals surface area (Å²) < 4.78 is 5.40. The van der Waals surface area contributed by atoms with E-state index in [9.17, 15) is 0 Å². The molecule has 1 aromatic rings. The van der Waals surface area contributed by atoms with Gasteiger partial charge in [0.15, 0.2) is 0 Å². The number of ether oxygens (including phenoxy) is 1. The smallest absolute Gasteiger partial charge is 0.119 e. The number of hydrogen-bond acceptors (Lipinski definition) is 4. The first-order chi connectivity index (χ1) is 7.30. The van der Waals surface area contributed by atoms with E-state index in [2.05, 4.69) is 6.07 Å². The number of rotatable bonds is 6. The van der Waals surface area contributed by atoms with Crippen LogP contribution in [0.3, 0.4) is 0 Å². The van der Waals surface area contributed by atoms with Crippen molar-refractivity contribution in [2.75, 3.05) is 19.8 Å². The third-order valence-corrected chi connectivity index (χ3v) is 2.05. The predicted molar refractivity (Wildman–Crippen MR) is 56.3 cm³/mol. The van der Waals surface area contributed by atoms with Crippen molar-refractivity contribution in [1.29, 1.82) is 0 Å². The van der Waals surface area contributed by atoms with Crippen molar-refractivity contribution in [1.82, 2.24) is 0 Å². The predicted octanol–water partition coefficient (Wildman–Crippen LogP) is -0.0749. The highest BCUT2D eigenvalue weighted by Gasteiger charge is 2.06. The van der Waals surface area contributed by atoms with Crippen molar-refractivity contribution in [3.8, 4) is 5.75 Å². The lowest BCUT2D eigenvalue weighted by molar-refractivity contribution is 0.106. The normalized spacial score (nSPS) is 10.7. The minimum atomic E-state index is -0.240. The number of hydrogen-bond donors (Lipinski definition) is 3. The molecule has 0 aromatic heterocycles. The van der Waals surface area contributed by atoms with E-state index in [1.165, 1.54) is 0 Å². The summed E-state index contributed by atoms with van der Waals surface area (Å²) >= 11 is 0. The molecule has 4 nitrogen and oxygen atoms in total. The Morgan fingerprint density at radius 2 is 2.13 bits per heavy atom. The molecule has 0 aliphatic heterocycles. The van der Waals surface area contributed by atoms with E-state index < -0.39 is 0 Å². The lowest BCUT2D eigenvalue weighted by Gasteiger charge is -2.12. The van der Waals surface area contributed by atoms with Crippen LogP contribution in [0.4, 0.5) is 0 Å². The van der Waals surface area contributed by atoms with E-state index in [0.29, 0.717) is 18.9 Å². The zero-order valence-corrected chi connectivity index (χ0v) is 8.52. The lowest BCUT2D eigenvalue weighted by Crippen LogP contribution is -2.19. The summed E-state index contributed by atoms with van der Waals surface area (Å²) in [7, 11) is 0. The zero-order chi connectivity index (χ0) is 11.1. The molecular weight excluding hydrogens is 194 g/mol. The highest BCUT2D eigenvalue weighted by atomic mass is 16.5. The minimum absolute atomic E-state index is 0.0841. The molecule has 0 saturated carbocycles. The summed E-state index contributed by atoms with van der Waals surface area (Å²) in [5, 5.41) is 17.7. The summed E-state index contributed by atoms with van der Waals surface area (Å²) in [4.78, 5) is 0. The zero-order valence-electron chi connectivity index (χ0n) is 8.52. The highest BCUT2D eigenvalue weighted by Crippen LogP contribution is 2.13.